The molecule has 2 atom stereocenters. The maximum atomic E-state index is 12.1. The molecule has 0 aromatic rings. The average Bonchev–Trinajstić information content (AvgIpc) is 2.83. The van der Waals surface area contributed by atoms with E-state index in [-0.39, 0.29) is 23.3 Å². The Morgan fingerprint density at radius 2 is 2.20 bits per heavy atom. The Kier molecular flexibility index (Phi) is 4.65. The number of nitrogens with zero attached hydrogens (tertiary/aromatic N) is 1. The minimum absolute atomic E-state index is 0.0533. The molecule has 0 aromatic carbocycles. The van der Waals surface area contributed by atoms with E-state index in [2.05, 4.69) is 19.3 Å². The van der Waals surface area contributed by atoms with Gasteiger partial charge in [-0.2, -0.15) is 0 Å². The Balaban J connectivity index is 1.87. The second-order valence-corrected chi connectivity index (χ2v) is 6.59. The van der Waals surface area contributed by atoms with Crippen LogP contribution < -0.4 is 11.3 Å². The minimum atomic E-state index is -0.469. The molecule has 2 aliphatic heterocycles. The summed E-state index contributed by atoms with van der Waals surface area (Å²) in [7, 11) is 0. The van der Waals surface area contributed by atoms with Crippen molar-refractivity contribution < 1.29 is 14.3 Å². The van der Waals surface area contributed by atoms with Gasteiger partial charge in [0.1, 0.15) is 6.10 Å². The van der Waals surface area contributed by atoms with Crippen LogP contribution in [0.3, 0.4) is 0 Å². The summed E-state index contributed by atoms with van der Waals surface area (Å²) in [6.07, 6.45) is 3.49. The molecule has 2 amide bonds. The van der Waals surface area contributed by atoms with E-state index in [9.17, 15) is 9.59 Å². The summed E-state index contributed by atoms with van der Waals surface area (Å²) in [6.45, 7) is 5.78. The summed E-state index contributed by atoms with van der Waals surface area (Å²) < 4.78 is 5.67. The molecule has 0 aliphatic carbocycles. The number of hydrazine groups is 1. The number of likely N-dealkylation sites (tertiary alicyclic amines) is 1. The second kappa shape index (κ2) is 6.10. The number of carbonyl (C=O) groups is 2. The van der Waals surface area contributed by atoms with Crippen LogP contribution in [0.2, 0.25) is 0 Å². The van der Waals surface area contributed by atoms with Gasteiger partial charge in [-0.1, -0.05) is 13.8 Å². The number of hydrogen-bond donors (Lipinski definition) is 2. The zero-order valence-electron chi connectivity index (χ0n) is 12.4. The summed E-state index contributed by atoms with van der Waals surface area (Å²) in [5.74, 6) is 5.03. The molecule has 6 heteroatoms. The van der Waals surface area contributed by atoms with Gasteiger partial charge in [0.2, 0.25) is 5.91 Å². The fraction of sp³-hybridized carbons (Fsp3) is 0.857. The van der Waals surface area contributed by atoms with Gasteiger partial charge < -0.3 is 9.64 Å². The maximum Gasteiger partial charge on any atom is 0.263 e. The first-order valence-electron chi connectivity index (χ1n) is 7.35. The first-order chi connectivity index (χ1) is 9.41. The van der Waals surface area contributed by atoms with Crippen molar-refractivity contribution in [2.75, 3.05) is 13.1 Å². The third kappa shape index (κ3) is 3.70. The Bertz CT molecular complexity index is 384. The van der Waals surface area contributed by atoms with Crippen molar-refractivity contribution >= 4 is 11.8 Å². The van der Waals surface area contributed by atoms with Gasteiger partial charge in [-0.05, 0) is 31.1 Å². The van der Waals surface area contributed by atoms with E-state index >= 15 is 0 Å². The Morgan fingerprint density at radius 1 is 1.45 bits per heavy atom. The largest absolute Gasteiger partial charge is 0.363 e. The lowest BCUT2D eigenvalue weighted by atomic mass is 9.85. The quantitative estimate of drug-likeness (QED) is 0.450. The predicted octanol–water partition coefficient (Wildman–Crippen LogP) is 0.563. The van der Waals surface area contributed by atoms with E-state index in [1.165, 1.54) is 0 Å². The average molecular weight is 283 g/mol. The molecule has 2 unspecified atom stereocenters. The number of ether oxygens (including phenoxy) is 1. The number of nitrogens with one attached hydrogen (secondary N) is 1. The molecule has 2 rings (SSSR count). The van der Waals surface area contributed by atoms with Crippen molar-refractivity contribution in [2.24, 2.45) is 11.3 Å². The van der Waals surface area contributed by atoms with Gasteiger partial charge in [0.15, 0.2) is 0 Å². The fourth-order valence-corrected chi connectivity index (χ4v) is 2.86. The van der Waals surface area contributed by atoms with E-state index < -0.39 is 6.10 Å². The van der Waals surface area contributed by atoms with Crippen molar-refractivity contribution in [1.29, 1.82) is 0 Å². The second-order valence-electron chi connectivity index (χ2n) is 6.59. The topological polar surface area (TPSA) is 84.7 Å². The normalized spacial score (nSPS) is 30.1. The van der Waals surface area contributed by atoms with E-state index in [0.29, 0.717) is 19.4 Å². The van der Waals surface area contributed by atoms with Gasteiger partial charge >= 0.3 is 0 Å². The molecule has 20 heavy (non-hydrogen) atoms. The first-order valence-corrected chi connectivity index (χ1v) is 7.35. The number of hydrogen-bond acceptors (Lipinski definition) is 4. The van der Waals surface area contributed by atoms with Crippen LogP contribution in [0.5, 0.6) is 0 Å². The lowest BCUT2D eigenvalue weighted by Crippen LogP contribution is -2.41. The molecule has 2 fully saturated rings. The van der Waals surface area contributed by atoms with Gasteiger partial charge in [-0.25, -0.2) is 5.84 Å². The van der Waals surface area contributed by atoms with Crippen LogP contribution in [0.4, 0.5) is 0 Å². The summed E-state index contributed by atoms with van der Waals surface area (Å²) in [5, 5.41) is 0. The molecule has 114 valence electrons. The Morgan fingerprint density at radius 3 is 2.90 bits per heavy atom. The van der Waals surface area contributed by atoms with Gasteiger partial charge in [0.05, 0.1) is 6.10 Å². The highest BCUT2D eigenvalue weighted by Gasteiger charge is 2.34. The lowest BCUT2D eigenvalue weighted by molar-refractivity contribution is -0.135. The highest BCUT2D eigenvalue weighted by Crippen LogP contribution is 2.31. The third-order valence-electron chi connectivity index (χ3n) is 4.39. The summed E-state index contributed by atoms with van der Waals surface area (Å²) in [4.78, 5) is 25.4. The smallest absolute Gasteiger partial charge is 0.263 e. The fourth-order valence-electron chi connectivity index (χ4n) is 2.86. The van der Waals surface area contributed by atoms with E-state index in [1.807, 2.05) is 4.90 Å². The molecule has 0 bridgehead atoms. The summed E-state index contributed by atoms with van der Waals surface area (Å²) in [6, 6.07) is 0. The first kappa shape index (κ1) is 15.3. The standard InChI is InChI=1S/C14H25N3O3/c1-14(2)6-5-12(18)17(8-7-14)9-10-3-4-11(20-10)13(19)16-15/h10-11H,3-9,15H2,1-2H3,(H,16,19). The molecule has 3 N–H and O–H groups in total. The number of carbonyl (C=O) groups excluding carboxylic acids is 2. The monoisotopic (exact) mass is 283 g/mol. The number of nitrogens with two attached hydrogens (primary N) is 1. The zero-order valence-corrected chi connectivity index (χ0v) is 12.4. The van der Waals surface area contributed by atoms with Crippen LogP contribution in [0.25, 0.3) is 0 Å². The van der Waals surface area contributed by atoms with Gasteiger partial charge in [0, 0.05) is 19.5 Å². The van der Waals surface area contributed by atoms with Gasteiger partial charge in [0.25, 0.3) is 5.91 Å². The molecular weight excluding hydrogens is 258 g/mol. The van der Waals surface area contributed by atoms with E-state index in [4.69, 9.17) is 10.6 Å². The van der Waals surface area contributed by atoms with Crippen molar-refractivity contribution in [3.8, 4) is 0 Å². The molecular formula is C14H25N3O3. The summed E-state index contributed by atoms with van der Waals surface area (Å²) >= 11 is 0. The van der Waals surface area contributed by atoms with E-state index in [1.54, 1.807) is 0 Å². The van der Waals surface area contributed by atoms with Gasteiger partial charge in [-0.3, -0.25) is 15.0 Å². The van der Waals surface area contributed by atoms with Crippen molar-refractivity contribution in [1.82, 2.24) is 10.3 Å². The molecule has 2 aliphatic rings. The van der Waals surface area contributed by atoms with Crippen LogP contribution in [-0.2, 0) is 14.3 Å². The molecule has 0 spiro atoms. The minimum Gasteiger partial charge on any atom is -0.363 e. The SMILES string of the molecule is CC1(C)CCC(=O)N(CC2CCC(C(=O)NN)O2)CC1. The molecule has 0 aromatic heterocycles. The Labute approximate surface area is 120 Å². The van der Waals surface area contributed by atoms with E-state index in [0.717, 1.165) is 25.8 Å². The molecule has 6 nitrogen and oxygen atoms in total. The summed E-state index contributed by atoms with van der Waals surface area (Å²) in [5.41, 5.74) is 2.34. The molecule has 0 radical (unpaired) electrons. The van der Waals surface area contributed by atoms with Gasteiger partial charge in [-0.15, -0.1) is 0 Å². The third-order valence-corrected chi connectivity index (χ3v) is 4.39. The van der Waals surface area contributed by atoms with Crippen LogP contribution in [0.1, 0.15) is 46.0 Å². The van der Waals surface area contributed by atoms with Crippen LogP contribution in [0, 0.1) is 5.41 Å². The predicted molar refractivity (Wildman–Crippen MR) is 74.4 cm³/mol. The maximum absolute atomic E-state index is 12.1. The van der Waals surface area contributed by atoms with Crippen LogP contribution >= 0.6 is 0 Å². The van der Waals surface area contributed by atoms with Crippen molar-refractivity contribution in [3.63, 3.8) is 0 Å². The lowest BCUT2D eigenvalue weighted by Gasteiger charge is -2.25. The van der Waals surface area contributed by atoms with Crippen molar-refractivity contribution in [3.05, 3.63) is 0 Å². The van der Waals surface area contributed by atoms with Crippen molar-refractivity contribution in [2.45, 2.75) is 58.2 Å². The zero-order chi connectivity index (χ0) is 14.8. The number of rotatable bonds is 3. The molecule has 2 heterocycles. The number of amides is 2. The highest BCUT2D eigenvalue weighted by molar-refractivity contribution is 5.80. The highest BCUT2D eigenvalue weighted by atomic mass is 16.5. The Hall–Kier alpha value is -1.14. The molecule has 2 saturated heterocycles. The van der Waals surface area contributed by atoms with Crippen LogP contribution in [-0.4, -0.2) is 42.0 Å². The molecule has 0 saturated carbocycles. The van der Waals surface area contributed by atoms with Crippen LogP contribution in [0.15, 0.2) is 0 Å².